The first-order valence-corrected chi connectivity index (χ1v) is 6.29. The van der Waals surface area contributed by atoms with E-state index in [1.54, 1.807) is 0 Å². The zero-order chi connectivity index (χ0) is 14.3. The first-order valence-electron chi connectivity index (χ1n) is 6.29. The average molecular weight is 266 g/mol. The highest BCUT2D eigenvalue weighted by Gasteiger charge is 2.16. The fourth-order valence-corrected chi connectivity index (χ4v) is 1.70. The van der Waals surface area contributed by atoms with Crippen LogP contribution in [0, 0.1) is 0 Å². The maximum atomic E-state index is 11.0. The minimum Gasteiger partial charge on any atom is -0.494 e. The molecule has 0 bridgehead atoms. The van der Waals surface area contributed by atoms with Gasteiger partial charge < -0.3 is 14.9 Å². The van der Waals surface area contributed by atoms with Crippen LogP contribution in [-0.2, 0) is 0 Å². The normalized spacial score (nSPS) is 10.2. The lowest BCUT2D eigenvalue weighted by Gasteiger charge is -2.08. The summed E-state index contributed by atoms with van der Waals surface area (Å²) in [5.74, 6) is -2.14. The molecule has 1 aromatic rings. The summed E-state index contributed by atoms with van der Waals surface area (Å²) in [7, 11) is 0. The largest absolute Gasteiger partial charge is 0.494 e. The average Bonchev–Trinajstić information content (AvgIpc) is 2.38. The van der Waals surface area contributed by atoms with Crippen molar-refractivity contribution in [2.75, 3.05) is 6.61 Å². The number of aromatic carboxylic acids is 2. The molecule has 0 spiro atoms. The molecule has 0 aromatic heterocycles. The highest BCUT2D eigenvalue weighted by atomic mass is 16.5. The zero-order valence-corrected chi connectivity index (χ0v) is 10.9. The summed E-state index contributed by atoms with van der Waals surface area (Å²) in [6.07, 6.45) is 4.24. The molecule has 0 aliphatic carbocycles. The van der Waals surface area contributed by atoms with E-state index < -0.39 is 11.9 Å². The molecule has 0 atom stereocenters. The van der Waals surface area contributed by atoms with Crippen molar-refractivity contribution in [3.63, 3.8) is 0 Å². The highest BCUT2D eigenvalue weighted by Crippen LogP contribution is 2.18. The minimum absolute atomic E-state index is 0.231. The topological polar surface area (TPSA) is 83.8 Å². The van der Waals surface area contributed by atoms with Crippen molar-refractivity contribution in [3.8, 4) is 5.75 Å². The van der Waals surface area contributed by atoms with E-state index in [0.29, 0.717) is 12.4 Å². The molecule has 0 radical (unpaired) electrons. The zero-order valence-electron chi connectivity index (χ0n) is 10.9. The van der Waals surface area contributed by atoms with Crippen molar-refractivity contribution in [2.45, 2.75) is 32.6 Å². The molecule has 0 aliphatic rings. The number of unbranched alkanes of at least 4 members (excludes halogenated alkanes) is 3. The number of benzene rings is 1. The lowest BCUT2D eigenvalue weighted by Crippen LogP contribution is -2.08. The van der Waals surface area contributed by atoms with Crippen LogP contribution in [-0.4, -0.2) is 28.8 Å². The lowest BCUT2D eigenvalue weighted by atomic mass is 10.1. The Hall–Kier alpha value is -2.04. The van der Waals surface area contributed by atoms with E-state index in [1.165, 1.54) is 18.2 Å². The number of carboxylic acid groups (broad SMARTS) is 2. The Morgan fingerprint density at radius 2 is 1.74 bits per heavy atom. The maximum absolute atomic E-state index is 11.0. The van der Waals surface area contributed by atoms with Crippen molar-refractivity contribution in [2.24, 2.45) is 0 Å². The first kappa shape index (κ1) is 15.0. The van der Waals surface area contributed by atoms with Crippen molar-refractivity contribution >= 4 is 11.9 Å². The summed E-state index contributed by atoms with van der Waals surface area (Å²) < 4.78 is 5.42. The number of hydrogen-bond donors (Lipinski definition) is 2. The van der Waals surface area contributed by atoms with Gasteiger partial charge in [0.1, 0.15) is 5.75 Å². The first-order chi connectivity index (χ1) is 9.06. The molecule has 5 heteroatoms. The molecule has 104 valence electrons. The van der Waals surface area contributed by atoms with Gasteiger partial charge in [-0.15, -0.1) is 0 Å². The summed E-state index contributed by atoms with van der Waals surface area (Å²) in [6, 6.07) is 3.99. The molecule has 2 N–H and O–H groups in total. The Morgan fingerprint density at radius 3 is 2.32 bits per heavy atom. The van der Waals surface area contributed by atoms with Gasteiger partial charge in [0.05, 0.1) is 17.7 Å². The lowest BCUT2D eigenvalue weighted by molar-refractivity contribution is 0.0651. The fraction of sp³-hybridized carbons (Fsp3) is 0.429. The standard InChI is InChI=1S/C14H18O5/c1-2-3-4-5-8-19-10-6-7-11(13(15)16)12(9-10)14(17)18/h6-7,9H,2-5,8H2,1H3,(H,15,16)(H,17,18). The number of ether oxygens (including phenoxy) is 1. The molecular formula is C14H18O5. The number of carbonyl (C=O) groups is 2. The molecule has 0 fully saturated rings. The van der Waals surface area contributed by atoms with Crippen LogP contribution in [0.3, 0.4) is 0 Å². The molecule has 0 unspecified atom stereocenters. The third kappa shape index (κ3) is 4.62. The predicted molar refractivity (Wildman–Crippen MR) is 70.0 cm³/mol. The number of rotatable bonds is 8. The van der Waals surface area contributed by atoms with Gasteiger partial charge in [0, 0.05) is 0 Å². The summed E-state index contributed by atoms with van der Waals surface area (Å²) in [6.45, 7) is 2.62. The second-order valence-corrected chi connectivity index (χ2v) is 4.23. The van der Waals surface area contributed by atoms with Crippen molar-refractivity contribution in [3.05, 3.63) is 29.3 Å². The Morgan fingerprint density at radius 1 is 1.05 bits per heavy atom. The van der Waals surface area contributed by atoms with Gasteiger partial charge in [-0.25, -0.2) is 9.59 Å². The van der Waals surface area contributed by atoms with E-state index >= 15 is 0 Å². The summed E-state index contributed by atoms with van der Waals surface area (Å²) in [4.78, 5) is 21.8. The SMILES string of the molecule is CCCCCCOc1ccc(C(=O)O)c(C(=O)O)c1. The summed E-state index contributed by atoms with van der Waals surface area (Å²) in [5.41, 5.74) is -0.482. The van der Waals surface area contributed by atoms with Crippen molar-refractivity contribution in [1.29, 1.82) is 0 Å². The Bertz CT molecular complexity index is 453. The van der Waals surface area contributed by atoms with E-state index in [2.05, 4.69) is 6.92 Å². The molecular weight excluding hydrogens is 248 g/mol. The smallest absolute Gasteiger partial charge is 0.336 e. The van der Waals surface area contributed by atoms with Gasteiger partial charge in [-0.2, -0.15) is 0 Å². The van der Waals surface area contributed by atoms with E-state index in [0.717, 1.165) is 25.7 Å². The molecule has 19 heavy (non-hydrogen) atoms. The van der Waals surface area contributed by atoms with Gasteiger partial charge >= 0.3 is 11.9 Å². The second kappa shape index (κ2) is 7.41. The van der Waals surface area contributed by atoms with E-state index in [1.807, 2.05) is 0 Å². The fourth-order valence-electron chi connectivity index (χ4n) is 1.70. The van der Waals surface area contributed by atoms with Crippen LogP contribution in [0.15, 0.2) is 18.2 Å². The Kier molecular flexibility index (Phi) is 5.85. The molecule has 0 amide bonds. The van der Waals surface area contributed by atoms with Crippen LogP contribution in [0.1, 0.15) is 53.3 Å². The van der Waals surface area contributed by atoms with Crippen molar-refractivity contribution < 1.29 is 24.5 Å². The van der Waals surface area contributed by atoms with Crippen LogP contribution >= 0.6 is 0 Å². The van der Waals surface area contributed by atoms with Gasteiger partial charge in [-0.05, 0) is 24.6 Å². The van der Waals surface area contributed by atoms with Crippen LogP contribution in [0.4, 0.5) is 0 Å². The van der Waals surface area contributed by atoms with Gasteiger partial charge in [0.15, 0.2) is 0 Å². The Balaban J connectivity index is 2.68. The van der Waals surface area contributed by atoms with E-state index in [-0.39, 0.29) is 11.1 Å². The van der Waals surface area contributed by atoms with Gasteiger partial charge in [-0.1, -0.05) is 26.2 Å². The van der Waals surface area contributed by atoms with Crippen LogP contribution in [0.25, 0.3) is 0 Å². The third-order valence-electron chi connectivity index (χ3n) is 2.72. The molecule has 1 aromatic carbocycles. The molecule has 0 aliphatic heterocycles. The van der Waals surface area contributed by atoms with Crippen LogP contribution in [0.2, 0.25) is 0 Å². The van der Waals surface area contributed by atoms with Gasteiger partial charge in [0.25, 0.3) is 0 Å². The minimum atomic E-state index is -1.27. The van der Waals surface area contributed by atoms with Crippen molar-refractivity contribution in [1.82, 2.24) is 0 Å². The van der Waals surface area contributed by atoms with Gasteiger partial charge in [0.2, 0.25) is 0 Å². The van der Waals surface area contributed by atoms with E-state index in [4.69, 9.17) is 14.9 Å². The van der Waals surface area contributed by atoms with Crippen LogP contribution in [0.5, 0.6) is 5.75 Å². The van der Waals surface area contributed by atoms with E-state index in [9.17, 15) is 9.59 Å². The van der Waals surface area contributed by atoms with Gasteiger partial charge in [-0.3, -0.25) is 0 Å². The summed E-state index contributed by atoms with van der Waals surface area (Å²) >= 11 is 0. The molecule has 0 saturated carbocycles. The predicted octanol–water partition coefficient (Wildman–Crippen LogP) is 3.04. The third-order valence-corrected chi connectivity index (χ3v) is 2.72. The number of carboxylic acids is 2. The number of hydrogen-bond acceptors (Lipinski definition) is 3. The Labute approximate surface area is 111 Å². The quantitative estimate of drug-likeness (QED) is 0.706. The summed E-state index contributed by atoms with van der Waals surface area (Å²) in [5, 5.41) is 17.8. The molecule has 0 heterocycles. The highest BCUT2D eigenvalue weighted by molar-refractivity contribution is 6.01. The molecule has 1 rings (SSSR count). The maximum Gasteiger partial charge on any atom is 0.336 e. The molecule has 5 nitrogen and oxygen atoms in total. The van der Waals surface area contributed by atoms with Crippen LogP contribution < -0.4 is 4.74 Å². The molecule has 0 saturated heterocycles. The second-order valence-electron chi connectivity index (χ2n) is 4.23. The monoisotopic (exact) mass is 266 g/mol.